The van der Waals surface area contributed by atoms with E-state index in [9.17, 15) is 19.5 Å². The summed E-state index contributed by atoms with van der Waals surface area (Å²) in [6.45, 7) is 11.0. The zero-order chi connectivity index (χ0) is 29.2. The second-order valence-electron chi connectivity index (χ2n) is 12.5. The maximum Gasteiger partial charge on any atom is 0.305 e. The molecule has 2 aromatic rings. The lowest BCUT2D eigenvalue weighted by molar-refractivity contribution is -0.137. The van der Waals surface area contributed by atoms with Crippen LogP contribution in [-0.4, -0.2) is 50.8 Å². The van der Waals surface area contributed by atoms with Gasteiger partial charge in [0, 0.05) is 17.7 Å². The van der Waals surface area contributed by atoms with Crippen LogP contribution in [0.15, 0.2) is 53.5 Å². The maximum atomic E-state index is 14.2. The van der Waals surface area contributed by atoms with E-state index >= 15 is 0 Å². The molecule has 2 unspecified atom stereocenters. The Kier molecular flexibility index (Phi) is 8.38. The number of carbonyl (C=O) groups is 3. The number of nitrogens with zero attached hydrogens (tertiary/aromatic N) is 2. The fourth-order valence-corrected chi connectivity index (χ4v) is 5.27. The van der Waals surface area contributed by atoms with Crippen molar-refractivity contribution in [2.75, 3.05) is 6.54 Å². The molecule has 1 saturated carbocycles. The first-order valence-electron chi connectivity index (χ1n) is 14.1. The molecule has 3 atom stereocenters. The van der Waals surface area contributed by atoms with Gasteiger partial charge >= 0.3 is 5.97 Å². The number of carboxylic acids is 1. The minimum Gasteiger partial charge on any atom is -0.508 e. The molecule has 1 heterocycles. The molecule has 2 aliphatic rings. The van der Waals surface area contributed by atoms with Crippen molar-refractivity contribution in [3.05, 3.63) is 65.2 Å². The van der Waals surface area contributed by atoms with E-state index in [2.05, 4.69) is 33.0 Å². The highest BCUT2D eigenvalue weighted by Crippen LogP contribution is 2.50. The molecule has 1 aliphatic heterocycles. The van der Waals surface area contributed by atoms with Crippen molar-refractivity contribution in [3.8, 4) is 5.75 Å². The number of phenolic OH excluding ortho intramolecular Hbond substituents is 1. The molecule has 3 N–H and O–H groups in total. The molecule has 2 aromatic carbocycles. The fourth-order valence-electron chi connectivity index (χ4n) is 5.27. The molecular weight excluding hydrogens is 506 g/mol. The Bertz CT molecular complexity index is 1280. The summed E-state index contributed by atoms with van der Waals surface area (Å²) >= 11 is 0. The van der Waals surface area contributed by atoms with Gasteiger partial charge in [-0.25, -0.2) is 0 Å². The lowest BCUT2D eigenvalue weighted by Gasteiger charge is -2.41. The van der Waals surface area contributed by atoms with Gasteiger partial charge in [-0.1, -0.05) is 39.8 Å². The van der Waals surface area contributed by atoms with Gasteiger partial charge in [0.15, 0.2) is 0 Å². The van der Waals surface area contributed by atoms with Crippen LogP contribution in [0.4, 0.5) is 0 Å². The van der Waals surface area contributed by atoms with E-state index in [1.54, 1.807) is 36.4 Å². The Morgan fingerprint density at radius 1 is 1.10 bits per heavy atom. The number of hydrogen-bond donors (Lipinski definition) is 3. The first-order chi connectivity index (χ1) is 18.8. The molecule has 1 aliphatic carbocycles. The monoisotopic (exact) mass is 547 g/mol. The van der Waals surface area contributed by atoms with Gasteiger partial charge in [0.2, 0.25) is 0 Å². The predicted octanol–water partition coefficient (Wildman–Crippen LogP) is 5.56. The SMILES string of the molecule is CC(CCC1(C)N=C(c2ccc(O)cc2)C(=O)N1[C@@H](c1ccc(C(=O)NCCC(=O)O)cc1)C1CC1)C(C)(C)C. The van der Waals surface area contributed by atoms with Crippen molar-refractivity contribution < 1.29 is 24.6 Å². The van der Waals surface area contributed by atoms with Crippen LogP contribution in [0.3, 0.4) is 0 Å². The molecule has 2 amide bonds. The first kappa shape index (κ1) is 29.3. The molecule has 0 bridgehead atoms. The summed E-state index contributed by atoms with van der Waals surface area (Å²) < 4.78 is 0. The summed E-state index contributed by atoms with van der Waals surface area (Å²) in [5.41, 5.74) is 1.87. The normalized spacial score (nSPS) is 20.7. The van der Waals surface area contributed by atoms with Gasteiger partial charge in [-0.3, -0.25) is 19.4 Å². The smallest absolute Gasteiger partial charge is 0.305 e. The number of hydrogen-bond acceptors (Lipinski definition) is 5. The number of amides is 2. The Morgan fingerprint density at radius 3 is 2.27 bits per heavy atom. The van der Waals surface area contributed by atoms with Crippen molar-refractivity contribution in [2.24, 2.45) is 22.2 Å². The van der Waals surface area contributed by atoms with Gasteiger partial charge < -0.3 is 20.4 Å². The van der Waals surface area contributed by atoms with Crippen molar-refractivity contribution >= 4 is 23.5 Å². The largest absolute Gasteiger partial charge is 0.508 e. The Morgan fingerprint density at radius 2 is 1.73 bits per heavy atom. The van der Waals surface area contributed by atoms with E-state index in [4.69, 9.17) is 10.1 Å². The molecular formula is C32H41N3O5. The molecule has 40 heavy (non-hydrogen) atoms. The molecule has 8 heteroatoms. The number of aromatic hydroxyl groups is 1. The number of aliphatic carboxylic acids is 1. The lowest BCUT2D eigenvalue weighted by Crippen LogP contribution is -2.48. The van der Waals surface area contributed by atoms with E-state index in [0.717, 1.165) is 24.8 Å². The van der Waals surface area contributed by atoms with Crippen LogP contribution in [0, 0.1) is 17.3 Å². The minimum atomic E-state index is -0.966. The van der Waals surface area contributed by atoms with Crippen LogP contribution in [0.2, 0.25) is 0 Å². The van der Waals surface area contributed by atoms with Crippen LogP contribution >= 0.6 is 0 Å². The molecule has 1 fully saturated rings. The second kappa shape index (κ2) is 11.4. The summed E-state index contributed by atoms with van der Waals surface area (Å²) in [5, 5.41) is 21.3. The lowest BCUT2D eigenvalue weighted by atomic mass is 9.78. The second-order valence-corrected chi connectivity index (χ2v) is 12.5. The summed E-state index contributed by atoms with van der Waals surface area (Å²) in [6, 6.07) is 13.7. The van der Waals surface area contributed by atoms with Crippen LogP contribution in [0.1, 0.15) is 94.2 Å². The average Bonchev–Trinajstić information content (AvgIpc) is 3.70. The molecule has 0 spiro atoms. The van der Waals surface area contributed by atoms with Crippen LogP contribution in [0.5, 0.6) is 5.75 Å². The fraction of sp³-hybridized carbons (Fsp3) is 0.500. The molecule has 214 valence electrons. The summed E-state index contributed by atoms with van der Waals surface area (Å²) in [5.74, 6) is -0.556. The van der Waals surface area contributed by atoms with Gasteiger partial charge in [-0.15, -0.1) is 0 Å². The van der Waals surface area contributed by atoms with E-state index in [-0.39, 0.29) is 42.0 Å². The topological polar surface area (TPSA) is 119 Å². The molecule has 0 aromatic heterocycles. The Labute approximate surface area is 236 Å². The number of rotatable bonds is 11. The minimum absolute atomic E-state index is 0.0611. The third-order valence-corrected chi connectivity index (χ3v) is 8.45. The van der Waals surface area contributed by atoms with E-state index in [1.807, 2.05) is 24.0 Å². The number of phenols is 1. The van der Waals surface area contributed by atoms with Crippen LogP contribution in [-0.2, 0) is 9.59 Å². The Balaban J connectivity index is 1.65. The highest BCUT2D eigenvalue weighted by Gasteiger charge is 2.51. The number of benzene rings is 2. The van der Waals surface area contributed by atoms with Crippen molar-refractivity contribution in [3.63, 3.8) is 0 Å². The number of carboxylic acid groups (broad SMARTS) is 1. The third kappa shape index (κ3) is 6.54. The van der Waals surface area contributed by atoms with E-state index in [0.29, 0.717) is 35.1 Å². The summed E-state index contributed by atoms with van der Waals surface area (Å²) in [7, 11) is 0. The quantitative estimate of drug-likeness (QED) is 0.340. The van der Waals surface area contributed by atoms with Crippen LogP contribution in [0.25, 0.3) is 0 Å². The van der Waals surface area contributed by atoms with Gasteiger partial charge in [0.1, 0.15) is 17.1 Å². The van der Waals surface area contributed by atoms with Crippen molar-refractivity contribution in [2.45, 2.75) is 78.4 Å². The first-order valence-corrected chi connectivity index (χ1v) is 14.1. The third-order valence-electron chi connectivity index (χ3n) is 8.45. The van der Waals surface area contributed by atoms with Crippen LogP contribution < -0.4 is 5.32 Å². The molecule has 0 radical (unpaired) electrons. The maximum absolute atomic E-state index is 14.2. The van der Waals surface area contributed by atoms with Gasteiger partial charge in [0.05, 0.1) is 12.5 Å². The number of carbonyl (C=O) groups excluding carboxylic acids is 2. The standard InChI is InChI=1S/C32H41N3O5/c1-20(31(2,3)4)16-18-32(5)34-27(21-12-14-25(36)15-13-21)30(40)35(32)28(22-6-7-22)23-8-10-24(11-9-23)29(39)33-19-17-26(37)38/h8-15,20,22,28,36H,6-7,16-19H2,1-5H3,(H,33,39)(H,37,38)/t20?,28-,32?/m1/s1. The average molecular weight is 548 g/mol. The van der Waals surface area contributed by atoms with E-state index in [1.165, 1.54) is 0 Å². The van der Waals surface area contributed by atoms with Gasteiger partial charge in [0.25, 0.3) is 11.8 Å². The zero-order valence-electron chi connectivity index (χ0n) is 24.1. The predicted molar refractivity (Wildman–Crippen MR) is 154 cm³/mol. The highest BCUT2D eigenvalue weighted by molar-refractivity contribution is 6.46. The van der Waals surface area contributed by atoms with Gasteiger partial charge in [-0.2, -0.15) is 0 Å². The molecule has 0 saturated heterocycles. The zero-order valence-corrected chi connectivity index (χ0v) is 24.1. The highest BCUT2D eigenvalue weighted by atomic mass is 16.4. The number of aliphatic imine (C=N–C) groups is 1. The Hall–Kier alpha value is -3.68. The number of nitrogens with one attached hydrogen (secondary N) is 1. The summed E-state index contributed by atoms with van der Waals surface area (Å²) in [4.78, 5) is 44.5. The van der Waals surface area contributed by atoms with E-state index < -0.39 is 11.6 Å². The molecule has 8 nitrogen and oxygen atoms in total. The van der Waals surface area contributed by atoms with Crippen molar-refractivity contribution in [1.82, 2.24) is 10.2 Å². The van der Waals surface area contributed by atoms with Crippen molar-refractivity contribution in [1.29, 1.82) is 0 Å². The summed E-state index contributed by atoms with van der Waals surface area (Å²) in [6.07, 6.45) is 3.50. The molecule has 4 rings (SSSR count). The van der Waals surface area contributed by atoms with Gasteiger partial charge in [-0.05, 0) is 91.8 Å².